The van der Waals surface area contributed by atoms with Gasteiger partial charge in [0.15, 0.2) is 0 Å². The van der Waals surface area contributed by atoms with Crippen LogP contribution in [0.15, 0.2) is 89.3 Å². The third-order valence-electron chi connectivity index (χ3n) is 6.90. The lowest BCUT2D eigenvalue weighted by molar-refractivity contribution is -0.139. The fourth-order valence-electron chi connectivity index (χ4n) is 4.62. The Hall–Kier alpha value is -3.46. The summed E-state index contributed by atoms with van der Waals surface area (Å²) >= 11 is 3.33. The van der Waals surface area contributed by atoms with Gasteiger partial charge in [-0.15, -0.1) is 0 Å². The highest BCUT2D eigenvalue weighted by Gasteiger charge is 2.23. The number of aliphatic carboxylic acids is 1. The molecule has 0 spiro atoms. The van der Waals surface area contributed by atoms with Gasteiger partial charge in [-0.3, -0.25) is 4.79 Å². The van der Waals surface area contributed by atoms with Gasteiger partial charge in [0.2, 0.25) is 0 Å². The molecular weight excluding hydrogens is 567 g/mol. The summed E-state index contributed by atoms with van der Waals surface area (Å²) in [5.41, 5.74) is 5.02. The minimum Gasteiger partial charge on any atom is -0.480 e. The predicted molar refractivity (Wildman–Crippen MR) is 173 cm³/mol. The lowest BCUT2D eigenvalue weighted by atomic mass is 9.93. The van der Waals surface area contributed by atoms with E-state index < -0.39 is 17.9 Å². The van der Waals surface area contributed by atoms with E-state index in [2.05, 4.69) is 12.2 Å². The molecule has 0 fully saturated rings. The van der Waals surface area contributed by atoms with Crippen molar-refractivity contribution in [1.82, 2.24) is 5.32 Å². The second-order valence-corrected chi connectivity index (χ2v) is 12.2. The summed E-state index contributed by atoms with van der Waals surface area (Å²) in [4.78, 5) is 25.2. The normalized spacial score (nSPS) is 12.5. The fraction of sp³-hybridized carbons (Fsp3) is 0.294. The summed E-state index contributed by atoms with van der Waals surface area (Å²) < 4.78 is 12.7. The average molecular weight is 604 g/mol. The van der Waals surface area contributed by atoms with Crippen molar-refractivity contribution in [1.29, 1.82) is 0 Å². The molecule has 0 aliphatic heterocycles. The number of benzene rings is 3. The minimum absolute atomic E-state index is 0.245. The van der Waals surface area contributed by atoms with Crippen LogP contribution >= 0.6 is 23.5 Å². The maximum atomic E-state index is 13.4. The van der Waals surface area contributed by atoms with Gasteiger partial charge in [0, 0.05) is 16.9 Å². The number of ether oxygens (including phenoxy) is 1. The molecule has 0 aliphatic carbocycles. The number of carbonyl (C=O) groups excluding carboxylic acids is 1. The lowest BCUT2D eigenvalue weighted by Gasteiger charge is -2.19. The number of nitrogens with one attached hydrogen (secondary N) is 1. The van der Waals surface area contributed by atoms with E-state index in [4.69, 9.17) is 9.15 Å². The highest BCUT2D eigenvalue weighted by Crippen LogP contribution is 2.32. The molecule has 1 heterocycles. The zero-order valence-corrected chi connectivity index (χ0v) is 25.8. The van der Waals surface area contributed by atoms with Crippen LogP contribution in [-0.4, -0.2) is 46.5 Å². The topological polar surface area (TPSA) is 88.8 Å². The molecule has 4 aromatic rings. The van der Waals surface area contributed by atoms with Gasteiger partial charge < -0.3 is 19.6 Å². The molecule has 220 valence electrons. The van der Waals surface area contributed by atoms with Crippen molar-refractivity contribution in [3.8, 4) is 22.5 Å². The molecule has 2 atom stereocenters. The van der Waals surface area contributed by atoms with Crippen LogP contribution < -0.4 is 5.32 Å². The van der Waals surface area contributed by atoms with Gasteiger partial charge in [0.25, 0.3) is 5.91 Å². The number of furan rings is 1. The fourth-order valence-corrected chi connectivity index (χ4v) is 5.81. The number of hydrogen-bond donors (Lipinski definition) is 2. The van der Waals surface area contributed by atoms with Crippen LogP contribution in [0.1, 0.15) is 46.7 Å². The van der Waals surface area contributed by atoms with E-state index in [0.29, 0.717) is 24.3 Å². The van der Waals surface area contributed by atoms with Gasteiger partial charge in [-0.1, -0.05) is 67.6 Å². The molecule has 6 nitrogen and oxygen atoms in total. The van der Waals surface area contributed by atoms with Gasteiger partial charge in [0.05, 0.1) is 6.61 Å². The highest BCUT2D eigenvalue weighted by atomic mass is 32.2. The van der Waals surface area contributed by atoms with Gasteiger partial charge in [-0.05, 0) is 77.6 Å². The third-order valence-corrected chi connectivity index (χ3v) is 8.50. The van der Waals surface area contributed by atoms with Crippen molar-refractivity contribution in [3.63, 3.8) is 0 Å². The molecule has 3 aromatic carbocycles. The molecule has 42 heavy (non-hydrogen) atoms. The van der Waals surface area contributed by atoms with Crippen LogP contribution in [0.5, 0.6) is 0 Å². The van der Waals surface area contributed by atoms with Gasteiger partial charge >= 0.3 is 5.97 Å². The molecule has 0 radical (unpaired) electrons. The molecule has 0 aliphatic rings. The number of carbonyl (C=O) groups is 2. The van der Waals surface area contributed by atoms with Crippen LogP contribution in [0.2, 0.25) is 0 Å². The Morgan fingerprint density at radius 2 is 1.74 bits per heavy atom. The number of carboxylic acid groups (broad SMARTS) is 1. The quantitative estimate of drug-likeness (QED) is 0.143. The molecule has 0 saturated carbocycles. The summed E-state index contributed by atoms with van der Waals surface area (Å²) in [6.45, 7) is 4.44. The Bertz CT molecular complexity index is 1470. The van der Waals surface area contributed by atoms with E-state index in [-0.39, 0.29) is 6.10 Å². The summed E-state index contributed by atoms with van der Waals surface area (Å²) in [5, 5.41) is 12.4. The molecule has 1 aromatic heterocycles. The number of aryl methyl sites for hydroxylation is 1. The first-order chi connectivity index (χ1) is 20.4. The van der Waals surface area contributed by atoms with Crippen molar-refractivity contribution >= 4 is 35.4 Å². The maximum Gasteiger partial charge on any atom is 0.326 e. The molecule has 8 heteroatoms. The van der Waals surface area contributed by atoms with Crippen LogP contribution in [0, 0.1) is 6.92 Å². The number of carboxylic acids is 1. The van der Waals surface area contributed by atoms with E-state index in [1.54, 1.807) is 29.6 Å². The molecule has 0 bridgehead atoms. The Morgan fingerprint density at radius 3 is 2.45 bits per heavy atom. The van der Waals surface area contributed by atoms with Crippen LogP contribution in [0.25, 0.3) is 22.5 Å². The first-order valence-corrected chi connectivity index (χ1v) is 16.5. The van der Waals surface area contributed by atoms with E-state index >= 15 is 0 Å². The minimum atomic E-state index is -1.04. The zero-order chi connectivity index (χ0) is 29.9. The standard InChI is InChI=1S/C34H37NO5S2/c1-4-42-22-32(31-17-16-30(40-31)25-11-6-5-7-12-25)39-21-24-14-15-27(28(20-24)26-13-9-8-10-23(26)2)33(36)35-29(34(37)38)18-19-41-3/h5-17,20,29,32H,4,18-19,21-22H2,1-3H3,(H,35,36)(H,37,38)/t29-,32-/m0/s1. The van der Waals surface area contributed by atoms with E-state index in [9.17, 15) is 14.7 Å². The average Bonchev–Trinajstić information content (AvgIpc) is 3.50. The summed E-state index contributed by atoms with van der Waals surface area (Å²) in [7, 11) is 0. The second-order valence-electron chi connectivity index (χ2n) is 9.87. The predicted octanol–water partition coefficient (Wildman–Crippen LogP) is 7.87. The van der Waals surface area contributed by atoms with Gasteiger partial charge in [0.1, 0.15) is 23.7 Å². The SMILES string of the molecule is CCSC[C@H](OCc1ccc(C(=O)N[C@@H](CCSC)C(=O)O)c(-c2ccccc2C)c1)c1ccc(-c2ccccc2)o1. The Labute approximate surface area is 256 Å². The molecule has 0 saturated heterocycles. The van der Waals surface area contributed by atoms with Gasteiger partial charge in [-0.2, -0.15) is 23.5 Å². The highest BCUT2D eigenvalue weighted by molar-refractivity contribution is 7.99. The zero-order valence-electron chi connectivity index (χ0n) is 24.2. The lowest BCUT2D eigenvalue weighted by Crippen LogP contribution is -2.41. The maximum absolute atomic E-state index is 13.4. The van der Waals surface area contributed by atoms with E-state index in [0.717, 1.165) is 50.8 Å². The summed E-state index contributed by atoms with van der Waals surface area (Å²) in [5.74, 6) is 2.47. The van der Waals surface area contributed by atoms with Crippen molar-refractivity contribution in [2.24, 2.45) is 0 Å². The van der Waals surface area contributed by atoms with Crippen molar-refractivity contribution < 1.29 is 23.8 Å². The molecule has 0 unspecified atom stereocenters. The van der Waals surface area contributed by atoms with E-state index in [1.165, 1.54) is 0 Å². The number of amides is 1. The van der Waals surface area contributed by atoms with Crippen molar-refractivity contribution in [2.75, 3.05) is 23.5 Å². The second kappa shape index (κ2) is 15.7. The first-order valence-electron chi connectivity index (χ1n) is 14.0. The first kappa shape index (κ1) is 31.5. The monoisotopic (exact) mass is 603 g/mol. The number of hydrogen-bond acceptors (Lipinski definition) is 6. The Morgan fingerprint density at radius 1 is 0.976 bits per heavy atom. The van der Waals surface area contributed by atoms with Crippen molar-refractivity contribution in [3.05, 3.63) is 107 Å². The summed E-state index contributed by atoms with van der Waals surface area (Å²) in [6.07, 6.45) is 2.02. The molecule has 1 amide bonds. The van der Waals surface area contributed by atoms with Crippen LogP contribution in [0.3, 0.4) is 0 Å². The van der Waals surface area contributed by atoms with Crippen LogP contribution in [0.4, 0.5) is 0 Å². The number of thioether (sulfide) groups is 2. The number of rotatable bonds is 15. The van der Waals surface area contributed by atoms with Crippen LogP contribution in [-0.2, 0) is 16.1 Å². The summed E-state index contributed by atoms with van der Waals surface area (Å²) in [6, 6.07) is 26.5. The van der Waals surface area contributed by atoms with Gasteiger partial charge in [-0.25, -0.2) is 4.79 Å². The molecule has 4 rings (SSSR count). The largest absolute Gasteiger partial charge is 0.480 e. The third kappa shape index (κ3) is 8.31. The molecular formula is C34H37NO5S2. The Kier molecular flexibility index (Phi) is 11.7. The smallest absolute Gasteiger partial charge is 0.326 e. The van der Waals surface area contributed by atoms with Crippen molar-refractivity contribution in [2.45, 2.75) is 39.0 Å². The Balaban J connectivity index is 1.59. The van der Waals surface area contributed by atoms with E-state index in [1.807, 2.05) is 92.0 Å². The molecule has 2 N–H and O–H groups in total.